The van der Waals surface area contributed by atoms with Crippen molar-refractivity contribution in [2.75, 3.05) is 18.7 Å². The van der Waals surface area contributed by atoms with Crippen LogP contribution in [0, 0.1) is 5.82 Å². The van der Waals surface area contributed by atoms with E-state index < -0.39 is 11.6 Å². The number of Topliss-reactive ketones (excluding diaryl/α,β-unsaturated/α-hetero) is 1. The van der Waals surface area contributed by atoms with Gasteiger partial charge in [0.25, 0.3) is 0 Å². The molecule has 76 valence electrons. The number of nitrogens with two attached hydrogens (primary N) is 1. The normalized spacial score (nSPS) is 9.93. The van der Waals surface area contributed by atoms with E-state index in [1.54, 1.807) is 0 Å². The summed E-state index contributed by atoms with van der Waals surface area (Å²) in [5.74, 6) is -1.05. The molecule has 3 nitrogen and oxygen atoms in total. The standard InChI is InChI=1S/C9H9ClFNO2/c1-14-9-3-7(12)6(11)2-5(9)8(13)4-10/h2-3H,4,12H2,1H3. The van der Waals surface area contributed by atoms with Crippen LogP contribution in [0.4, 0.5) is 10.1 Å². The fourth-order valence-electron chi connectivity index (χ4n) is 1.03. The van der Waals surface area contributed by atoms with Gasteiger partial charge in [-0.3, -0.25) is 4.79 Å². The molecule has 0 aromatic heterocycles. The summed E-state index contributed by atoms with van der Waals surface area (Å²) in [6.45, 7) is 0. The Kier molecular flexibility index (Phi) is 3.30. The Hall–Kier alpha value is -1.29. The van der Waals surface area contributed by atoms with Gasteiger partial charge in [0.05, 0.1) is 24.2 Å². The monoisotopic (exact) mass is 217 g/mol. The van der Waals surface area contributed by atoms with Crippen molar-refractivity contribution in [2.24, 2.45) is 0 Å². The summed E-state index contributed by atoms with van der Waals surface area (Å²) in [7, 11) is 1.37. The van der Waals surface area contributed by atoms with Crippen LogP contribution in [-0.2, 0) is 0 Å². The predicted molar refractivity (Wildman–Crippen MR) is 52.4 cm³/mol. The van der Waals surface area contributed by atoms with Gasteiger partial charge in [0.2, 0.25) is 0 Å². The molecule has 0 atom stereocenters. The predicted octanol–water partition coefficient (Wildman–Crippen LogP) is 1.84. The van der Waals surface area contributed by atoms with E-state index in [9.17, 15) is 9.18 Å². The van der Waals surface area contributed by atoms with Gasteiger partial charge in [-0.1, -0.05) is 0 Å². The topological polar surface area (TPSA) is 52.3 Å². The van der Waals surface area contributed by atoms with Crippen LogP contribution >= 0.6 is 11.6 Å². The molecule has 14 heavy (non-hydrogen) atoms. The molecule has 0 spiro atoms. The van der Waals surface area contributed by atoms with Gasteiger partial charge in [0.15, 0.2) is 5.78 Å². The number of ether oxygens (including phenoxy) is 1. The number of methoxy groups -OCH3 is 1. The second kappa shape index (κ2) is 4.28. The van der Waals surface area contributed by atoms with Gasteiger partial charge < -0.3 is 10.5 Å². The summed E-state index contributed by atoms with van der Waals surface area (Å²) in [5, 5.41) is 0. The van der Waals surface area contributed by atoms with Gasteiger partial charge in [-0.2, -0.15) is 0 Å². The lowest BCUT2D eigenvalue weighted by molar-refractivity contribution is 0.101. The van der Waals surface area contributed by atoms with Crippen LogP contribution in [0.1, 0.15) is 10.4 Å². The fourth-order valence-corrected chi connectivity index (χ4v) is 1.17. The second-order valence-corrected chi connectivity index (χ2v) is 2.90. The molecule has 5 heteroatoms. The number of benzene rings is 1. The number of carbonyl (C=O) groups is 1. The van der Waals surface area contributed by atoms with E-state index in [1.165, 1.54) is 13.2 Å². The highest BCUT2D eigenvalue weighted by Crippen LogP contribution is 2.25. The zero-order valence-electron chi connectivity index (χ0n) is 7.51. The maximum atomic E-state index is 13.0. The summed E-state index contributed by atoms with van der Waals surface area (Å²) in [5.41, 5.74) is 5.35. The third-order valence-electron chi connectivity index (χ3n) is 1.74. The van der Waals surface area contributed by atoms with Crippen LogP contribution in [0.2, 0.25) is 0 Å². The molecule has 1 aromatic rings. The van der Waals surface area contributed by atoms with Crippen molar-refractivity contribution in [1.82, 2.24) is 0 Å². The lowest BCUT2D eigenvalue weighted by Crippen LogP contribution is -2.05. The number of hydrogen-bond acceptors (Lipinski definition) is 3. The highest BCUT2D eigenvalue weighted by molar-refractivity contribution is 6.30. The molecule has 0 heterocycles. The maximum absolute atomic E-state index is 13.0. The van der Waals surface area contributed by atoms with Gasteiger partial charge >= 0.3 is 0 Å². The van der Waals surface area contributed by atoms with E-state index in [2.05, 4.69) is 0 Å². The van der Waals surface area contributed by atoms with Crippen LogP contribution in [0.25, 0.3) is 0 Å². The van der Waals surface area contributed by atoms with Gasteiger partial charge in [0, 0.05) is 6.07 Å². The molecule has 0 amide bonds. The van der Waals surface area contributed by atoms with E-state index in [4.69, 9.17) is 22.1 Å². The van der Waals surface area contributed by atoms with E-state index in [0.29, 0.717) is 0 Å². The second-order valence-electron chi connectivity index (χ2n) is 2.63. The highest BCUT2D eigenvalue weighted by atomic mass is 35.5. The molecule has 0 bridgehead atoms. The largest absolute Gasteiger partial charge is 0.496 e. The Morgan fingerprint density at radius 3 is 2.79 bits per heavy atom. The molecule has 0 radical (unpaired) electrons. The van der Waals surface area contributed by atoms with Crippen molar-refractivity contribution in [1.29, 1.82) is 0 Å². The Morgan fingerprint density at radius 2 is 2.29 bits per heavy atom. The number of anilines is 1. The van der Waals surface area contributed by atoms with Crippen LogP contribution in [0.15, 0.2) is 12.1 Å². The lowest BCUT2D eigenvalue weighted by atomic mass is 10.1. The number of rotatable bonds is 3. The van der Waals surface area contributed by atoms with Gasteiger partial charge in [0.1, 0.15) is 11.6 Å². The SMILES string of the molecule is COc1cc(N)c(F)cc1C(=O)CCl. The van der Waals surface area contributed by atoms with E-state index in [-0.39, 0.29) is 22.9 Å². The highest BCUT2D eigenvalue weighted by Gasteiger charge is 2.14. The van der Waals surface area contributed by atoms with Crippen molar-refractivity contribution < 1.29 is 13.9 Å². The summed E-state index contributed by atoms with van der Waals surface area (Å²) >= 11 is 5.35. The number of nitrogen functional groups attached to an aromatic ring is 1. The van der Waals surface area contributed by atoms with Crippen molar-refractivity contribution in [3.63, 3.8) is 0 Å². The van der Waals surface area contributed by atoms with Crippen molar-refractivity contribution >= 4 is 23.1 Å². The Labute approximate surface area is 85.6 Å². The quantitative estimate of drug-likeness (QED) is 0.478. The molecule has 0 fully saturated rings. The molecule has 0 aliphatic carbocycles. The van der Waals surface area contributed by atoms with Crippen molar-refractivity contribution in [3.8, 4) is 5.75 Å². The first-order valence-corrected chi connectivity index (χ1v) is 4.35. The molecule has 0 aliphatic rings. The average molecular weight is 218 g/mol. The lowest BCUT2D eigenvalue weighted by Gasteiger charge is -2.07. The summed E-state index contributed by atoms with van der Waals surface area (Å²) in [4.78, 5) is 11.2. The molecule has 0 saturated carbocycles. The molecule has 0 unspecified atom stereocenters. The smallest absolute Gasteiger partial charge is 0.181 e. The number of ketones is 1. The summed E-state index contributed by atoms with van der Waals surface area (Å²) < 4.78 is 17.9. The first-order valence-electron chi connectivity index (χ1n) is 3.82. The molecular formula is C9H9ClFNO2. The van der Waals surface area contributed by atoms with E-state index >= 15 is 0 Å². The van der Waals surface area contributed by atoms with Crippen molar-refractivity contribution in [2.45, 2.75) is 0 Å². The van der Waals surface area contributed by atoms with Crippen LogP contribution in [0.3, 0.4) is 0 Å². The van der Waals surface area contributed by atoms with E-state index in [1.807, 2.05) is 0 Å². The van der Waals surface area contributed by atoms with E-state index in [0.717, 1.165) is 6.07 Å². The Bertz CT molecular complexity index is 368. The zero-order valence-corrected chi connectivity index (χ0v) is 8.27. The first kappa shape index (κ1) is 10.8. The molecule has 0 aliphatic heterocycles. The fraction of sp³-hybridized carbons (Fsp3) is 0.222. The Morgan fingerprint density at radius 1 is 1.64 bits per heavy atom. The molecule has 2 N–H and O–H groups in total. The number of carbonyl (C=O) groups excluding carboxylic acids is 1. The van der Waals surface area contributed by atoms with Gasteiger partial charge in [-0.15, -0.1) is 11.6 Å². The van der Waals surface area contributed by atoms with Crippen LogP contribution < -0.4 is 10.5 Å². The third kappa shape index (κ3) is 1.96. The maximum Gasteiger partial charge on any atom is 0.181 e. The van der Waals surface area contributed by atoms with Gasteiger partial charge in [-0.05, 0) is 6.07 Å². The molecular weight excluding hydrogens is 209 g/mol. The van der Waals surface area contributed by atoms with Gasteiger partial charge in [-0.25, -0.2) is 4.39 Å². The summed E-state index contributed by atoms with van der Waals surface area (Å²) in [6, 6.07) is 2.29. The summed E-state index contributed by atoms with van der Waals surface area (Å²) in [6.07, 6.45) is 0. The Balaban J connectivity index is 3.27. The number of halogens is 2. The molecule has 1 aromatic carbocycles. The molecule has 0 saturated heterocycles. The van der Waals surface area contributed by atoms with Crippen LogP contribution in [0.5, 0.6) is 5.75 Å². The van der Waals surface area contributed by atoms with Crippen molar-refractivity contribution in [3.05, 3.63) is 23.5 Å². The third-order valence-corrected chi connectivity index (χ3v) is 1.98. The van der Waals surface area contributed by atoms with Crippen LogP contribution in [-0.4, -0.2) is 18.8 Å². The average Bonchev–Trinajstić information content (AvgIpc) is 2.20. The number of hydrogen-bond donors (Lipinski definition) is 1. The first-order chi connectivity index (χ1) is 6.60. The minimum atomic E-state index is -0.653. The molecule has 1 rings (SSSR count). The zero-order chi connectivity index (χ0) is 10.7. The minimum absolute atomic E-state index is 0.0621. The minimum Gasteiger partial charge on any atom is -0.496 e. The number of alkyl halides is 1.